The van der Waals surface area contributed by atoms with Gasteiger partial charge in [0.2, 0.25) is 0 Å². The fourth-order valence-electron chi connectivity index (χ4n) is 5.94. The average Bonchev–Trinajstić information content (AvgIpc) is 2.91. The number of hydrogen-bond acceptors (Lipinski definition) is 5. The highest BCUT2D eigenvalue weighted by Gasteiger charge is 2.31. The Bertz CT molecular complexity index is 1570. The van der Waals surface area contributed by atoms with Crippen LogP contribution >= 0.6 is 0 Å². The van der Waals surface area contributed by atoms with Gasteiger partial charge in [-0.2, -0.15) is 0 Å². The Kier molecular flexibility index (Phi) is 5.77. The maximum Gasteiger partial charge on any atom is 0.261 e. The molecule has 2 aliphatic rings. The van der Waals surface area contributed by atoms with E-state index in [4.69, 9.17) is 9.47 Å². The second-order valence-corrected chi connectivity index (χ2v) is 11.4. The van der Waals surface area contributed by atoms with Crippen LogP contribution in [0.2, 0.25) is 0 Å². The standard InChI is InChI=1S/C29H30N2O4S/c1-34-28-16-25-23-14-19(30-36(32,33)21-9-4-3-5-10-21)11-12-22(23)27-18-31-13-7-6-8-20(31)15-24(27)26(25)17-29(28)35-2/h3-5,9-12,14,16-17,20,30H,6-8,13,15,18H2,1-2H3. The number of anilines is 1. The van der Waals surface area contributed by atoms with Crippen LogP contribution in [0.15, 0.2) is 65.6 Å². The maximum atomic E-state index is 13.0. The molecule has 1 unspecified atom stereocenters. The first-order chi connectivity index (χ1) is 17.5. The van der Waals surface area contributed by atoms with Gasteiger partial charge in [0.05, 0.1) is 19.1 Å². The first-order valence-electron chi connectivity index (χ1n) is 12.4. The molecule has 0 radical (unpaired) electrons. The van der Waals surface area contributed by atoms with Crippen molar-refractivity contribution < 1.29 is 17.9 Å². The van der Waals surface area contributed by atoms with Crippen molar-refractivity contribution in [2.75, 3.05) is 25.5 Å². The smallest absolute Gasteiger partial charge is 0.261 e. The van der Waals surface area contributed by atoms with Crippen molar-refractivity contribution in [2.24, 2.45) is 0 Å². The highest BCUT2D eigenvalue weighted by molar-refractivity contribution is 7.92. The zero-order valence-electron chi connectivity index (χ0n) is 20.6. The third-order valence-corrected chi connectivity index (χ3v) is 9.10. The Balaban J connectivity index is 1.56. The molecule has 2 heterocycles. The van der Waals surface area contributed by atoms with Crippen LogP contribution in [0.1, 0.15) is 30.4 Å². The molecule has 0 spiro atoms. The first kappa shape index (κ1) is 23.1. The number of rotatable bonds is 5. The molecule has 1 fully saturated rings. The molecule has 0 bridgehead atoms. The molecule has 6 rings (SSSR count). The van der Waals surface area contributed by atoms with Crippen LogP contribution in [-0.2, 0) is 23.0 Å². The Morgan fingerprint density at radius 3 is 2.31 bits per heavy atom. The first-order valence-corrected chi connectivity index (χ1v) is 13.9. The zero-order chi connectivity index (χ0) is 24.9. The number of nitrogens with zero attached hydrogens (tertiary/aromatic N) is 1. The van der Waals surface area contributed by atoms with Gasteiger partial charge in [-0.1, -0.05) is 30.7 Å². The molecule has 0 aromatic heterocycles. The summed E-state index contributed by atoms with van der Waals surface area (Å²) >= 11 is 0. The second kappa shape index (κ2) is 8.98. The molecule has 4 aromatic carbocycles. The lowest BCUT2D eigenvalue weighted by Crippen LogP contribution is -2.43. The van der Waals surface area contributed by atoms with E-state index in [1.54, 1.807) is 44.6 Å². The normalized spacial score (nSPS) is 18.0. The number of hydrogen-bond donors (Lipinski definition) is 1. The molecule has 36 heavy (non-hydrogen) atoms. The largest absolute Gasteiger partial charge is 0.493 e. The van der Waals surface area contributed by atoms with Gasteiger partial charge < -0.3 is 9.47 Å². The van der Waals surface area contributed by atoms with E-state index in [1.165, 1.54) is 30.4 Å². The molecule has 186 valence electrons. The van der Waals surface area contributed by atoms with Crippen LogP contribution in [0.25, 0.3) is 21.5 Å². The van der Waals surface area contributed by atoms with Crippen LogP contribution in [-0.4, -0.2) is 40.1 Å². The van der Waals surface area contributed by atoms with Crippen LogP contribution in [0.5, 0.6) is 11.5 Å². The van der Waals surface area contributed by atoms with Gasteiger partial charge in [-0.05, 0) is 94.9 Å². The maximum absolute atomic E-state index is 13.0. The summed E-state index contributed by atoms with van der Waals surface area (Å²) in [5.74, 6) is 1.37. The van der Waals surface area contributed by atoms with Crippen LogP contribution in [0.4, 0.5) is 5.69 Å². The summed E-state index contributed by atoms with van der Waals surface area (Å²) in [5, 5.41) is 4.37. The van der Waals surface area contributed by atoms with Crippen molar-refractivity contribution >= 4 is 37.3 Å². The highest BCUT2D eigenvalue weighted by Crippen LogP contribution is 2.44. The summed E-state index contributed by atoms with van der Waals surface area (Å²) in [6, 6.07) is 19.0. The number of nitrogens with one attached hydrogen (secondary N) is 1. The summed E-state index contributed by atoms with van der Waals surface area (Å²) in [7, 11) is -0.389. The molecule has 1 saturated heterocycles. The van der Waals surface area contributed by atoms with E-state index in [0.29, 0.717) is 23.2 Å². The van der Waals surface area contributed by atoms with E-state index >= 15 is 0 Å². The summed E-state index contributed by atoms with van der Waals surface area (Å²) in [4.78, 5) is 2.85. The molecule has 0 saturated carbocycles. The van der Waals surface area contributed by atoms with Gasteiger partial charge in [0.25, 0.3) is 10.0 Å². The second-order valence-electron chi connectivity index (χ2n) is 9.71. The highest BCUT2D eigenvalue weighted by atomic mass is 32.2. The number of ether oxygens (including phenoxy) is 2. The number of benzene rings is 4. The third-order valence-electron chi connectivity index (χ3n) is 7.70. The van der Waals surface area contributed by atoms with E-state index in [2.05, 4.69) is 21.8 Å². The fraction of sp³-hybridized carbons (Fsp3) is 0.310. The SMILES string of the molecule is COc1cc2c3c(c4ccc(NS(=O)(=O)c5ccccc5)cc4c2cc1OC)CN1CCCCC1C3. The molecule has 6 nitrogen and oxygen atoms in total. The topological polar surface area (TPSA) is 67.9 Å². The van der Waals surface area contributed by atoms with Gasteiger partial charge in [0.15, 0.2) is 11.5 Å². The zero-order valence-corrected chi connectivity index (χ0v) is 21.4. The van der Waals surface area contributed by atoms with E-state index in [1.807, 2.05) is 18.2 Å². The quantitative estimate of drug-likeness (QED) is 0.354. The van der Waals surface area contributed by atoms with Crippen molar-refractivity contribution in [3.8, 4) is 11.5 Å². The minimum Gasteiger partial charge on any atom is -0.493 e. The van der Waals surface area contributed by atoms with E-state index in [-0.39, 0.29) is 4.90 Å². The molecular weight excluding hydrogens is 472 g/mol. The van der Waals surface area contributed by atoms with Crippen LogP contribution in [0.3, 0.4) is 0 Å². The van der Waals surface area contributed by atoms with Crippen molar-refractivity contribution in [2.45, 2.75) is 43.2 Å². The number of methoxy groups -OCH3 is 2. The lowest BCUT2D eigenvalue weighted by atomic mass is 9.82. The lowest BCUT2D eigenvalue weighted by Gasteiger charge is -2.41. The Morgan fingerprint density at radius 1 is 0.833 bits per heavy atom. The summed E-state index contributed by atoms with van der Waals surface area (Å²) in [6.07, 6.45) is 4.77. The number of sulfonamides is 1. The van der Waals surface area contributed by atoms with Gasteiger partial charge in [-0.25, -0.2) is 8.42 Å². The molecule has 1 N–H and O–H groups in total. The Labute approximate surface area is 211 Å². The third kappa shape index (κ3) is 3.87. The summed E-state index contributed by atoms with van der Waals surface area (Å²) in [5.41, 5.74) is 3.24. The minimum absolute atomic E-state index is 0.239. The van der Waals surface area contributed by atoms with E-state index < -0.39 is 10.0 Å². The number of fused-ring (bicyclic) bond motifs is 7. The molecule has 7 heteroatoms. The Morgan fingerprint density at radius 2 is 1.56 bits per heavy atom. The molecule has 2 aliphatic heterocycles. The average molecular weight is 503 g/mol. The molecular formula is C29H30N2O4S. The van der Waals surface area contributed by atoms with Crippen molar-refractivity contribution in [3.05, 3.63) is 71.8 Å². The van der Waals surface area contributed by atoms with Crippen molar-refractivity contribution in [1.29, 1.82) is 0 Å². The molecule has 0 aliphatic carbocycles. The van der Waals surface area contributed by atoms with Gasteiger partial charge in [0, 0.05) is 18.3 Å². The number of piperidine rings is 1. The van der Waals surface area contributed by atoms with Crippen LogP contribution in [0, 0.1) is 0 Å². The van der Waals surface area contributed by atoms with Crippen molar-refractivity contribution in [3.63, 3.8) is 0 Å². The fourth-order valence-corrected chi connectivity index (χ4v) is 7.01. The molecule has 4 aromatic rings. The predicted molar refractivity (Wildman–Crippen MR) is 144 cm³/mol. The minimum atomic E-state index is -3.69. The lowest BCUT2D eigenvalue weighted by molar-refractivity contribution is 0.128. The van der Waals surface area contributed by atoms with Crippen LogP contribution < -0.4 is 14.2 Å². The molecule has 0 amide bonds. The van der Waals surface area contributed by atoms with E-state index in [0.717, 1.165) is 41.1 Å². The van der Waals surface area contributed by atoms with Crippen molar-refractivity contribution in [1.82, 2.24) is 4.90 Å². The monoisotopic (exact) mass is 502 g/mol. The molecule has 1 atom stereocenters. The van der Waals surface area contributed by atoms with Gasteiger partial charge in [-0.3, -0.25) is 9.62 Å². The summed E-state index contributed by atoms with van der Waals surface area (Å²) < 4.78 is 40.1. The van der Waals surface area contributed by atoms with Gasteiger partial charge >= 0.3 is 0 Å². The van der Waals surface area contributed by atoms with Gasteiger partial charge in [0.1, 0.15) is 0 Å². The predicted octanol–water partition coefficient (Wildman–Crippen LogP) is 5.72. The summed E-state index contributed by atoms with van der Waals surface area (Å²) in [6.45, 7) is 2.04. The van der Waals surface area contributed by atoms with Gasteiger partial charge in [-0.15, -0.1) is 0 Å². The van der Waals surface area contributed by atoms with E-state index in [9.17, 15) is 8.42 Å². The Hall–Kier alpha value is -3.29.